The van der Waals surface area contributed by atoms with E-state index in [9.17, 15) is 0 Å². The maximum absolute atomic E-state index is 5.83. The molecule has 0 saturated heterocycles. The SMILES string of the molecule is CNC(CN(C)C)c1ccc(Cl)cc1. The fourth-order valence-electron chi connectivity index (χ4n) is 1.42. The Morgan fingerprint density at radius 2 is 1.86 bits per heavy atom. The molecule has 1 aromatic rings. The van der Waals surface area contributed by atoms with Gasteiger partial charge in [-0.1, -0.05) is 23.7 Å². The van der Waals surface area contributed by atoms with E-state index in [0.29, 0.717) is 6.04 Å². The van der Waals surface area contributed by atoms with Crippen LogP contribution in [0, 0.1) is 0 Å². The quantitative estimate of drug-likeness (QED) is 0.823. The van der Waals surface area contributed by atoms with Gasteiger partial charge in [0.25, 0.3) is 0 Å². The molecule has 0 radical (unpaired) electrons. The molecule has 78 valence electrons. The van der Waals surface area contributed by atoms with Crippen molar-refractivity contribution in [3.8, 4) is 0 Å². The van der Waals surface area contributed by atoms with Gasteiger partial charge in [0, 0.05) is 17.6 Å². The molecule has 1 aromatic carbocycles. The summed E-state index contributed by atoms with van der Waals surface area (Å²) in [5.74, 6) is 0. The van der Waals surface area contributed by atoms with Crippen LogP contribution >= 0.6 is 11.6 Å². The molecule has 1 atom stereocenters. The number of nitrogens with zero attached hydrogens (tertiary/aromatic N) is 1. The van der Waals surface area contributed by atoms with Crippen LogP contribution in [0.3, 0.4) is 0 Å². The maximum atomic E-state index is 5.83. The van der Waals surface area contributed by atoms with Gasteiger partial charge in [-0.15, -0.1) is 0 Å². The van der Waals surface area contributed by atoms with Crippen LogP contribution in [0.1, 0.15) is 11.6 Å². The first-order valence-corrected chi connectivity index (χ1v) is 5.08. The molecular weight excluding hydrogens is 196 g/mol. The topological polar surface area (TPSA) is 15.3 Å². The summed E-state index contributed by atoms with van der Waals surface area (Å²) in [6, 6.07) is 8.34. The Hall–Kier alpha value is -0.570. The molecule has 0 amide bonds. The van der Waals surface area contributed by atoms with E-state index in [-0.39, 0.29) is 0 Å². The summed E-state index contributed by atoms with van der Waals surface area (Å²) < 4.78 is 0. The van der Waals surface area contributed by atoms with Crippen LogP contribution in [-0.2, 0) is 0 Å². The van der Waals surface area contributed by atoms with Gasteiger partial charge in [0.15, 0.2) is 0 Å². The van der Waals surface area contributed by atoms with Crippen LogP contribution < -0.4 is 5.32 Å². The summed E-state index contributed by atoms with van der Waals surface area (Å²) in [5.41, 5.74) is 1.27. The van der Waals surface area contributed by atoms with E-state index in [0.717, 1.165) is 11.6 Å². The second-order valence-corrected chi connectivity index (χ2v) is 4.09. The number of hydrogen-bond donors (Lipinski definition) is 1. The Morgan fingerprint density at radius 3 is 2.29 bits per heavy atom. The normalized spacial score (nSPS) is 13.2. The molecule has 0 spiro atoms. The van der Waals surface area contributed by atoms with Gasteiger partial charge in [-0.3, -0.25) is 0 Å². The van der Waals surface area contributed by atoms with Gasteiger partial charge < -0.3 is 10.2 Å². The molecule has 0 heterocycles. The van der Waals surface area contributed by atoms with Crippen LogP contribution in [0.2, 0.25) is 5.02 Å². The standard InChI is InChI=1S/C11H17ClN2/c1-13-11(8-14(2)3)9-4-6-10(12)7-5-9/h4-7,11,13H,8H2,1-3H3. The van der Waals surface area contributed by atoms with Gasteiger partial charge in [0.05, 0.1) is 0 Å². The maximum Gasteiger partial charge on any atom is 0.0446 e. The van der Waals surface area contributed by atoms with Crippen molar-refractivity contribution in [1.29, 1.82) is 0 Å². The Kier molecular flexibility index (Phi) is 4.39. The van der Waals surface area contributed by atoms with Gasteiger partial charge >= 0.3 is 0 Å². The third-order valence-electron chi connectivity index (χ3n) is 2.17. The lowest BCUT2D eigenvalue weighted by atomic mass is 10.1. The first-order chi connectivity index (χ1) is 6.63. The van der Waals surface area contributed by atoms with E-state index in [1.54, 1.807) is 0 Å². The summed E-state index contributed by atoms with van der Waals surface area (Å²) >= 11 is 5.83. The zero-order chi connectivity index (χ0) is 10.6. The Morgan fingerprint density at radius 1 is 1.29 bits per heavy atom. The summed E-state index contributed by atoms with van der Waals surface area (Å²) in [6.07, 6.45) is 0. The molecule has 14 heavy (non-hydrogen) atoms. The molecule has 1 rings (SSSR count). The monoisotopic (exact) mass is 212 g/mol. The zero-order valence-electron chi connectivity index (χ0n) is 8.92. The van der Waals surface area contributed by atoms with E-state index in [1.165, 1.54) is 5.56 Å². The van der Waals surface area contributed by atoms with E-state index in [2.05, 4.69) is 36.4 Å². The van der Waals surface area contributed by atoms with E-state index in [4.69, 9.17) is 11.6 Å². The predicted octanol–water partition coefficient (Wildman–Crippen LogP) is 2.16. The minimum Gasteiger partial charge on any atom is -0.312 e. The Bertz CT molecular complexity index is 269. The average Bonchev–Trinajstić information content (AvgIpc) is 2.15. The second-order valence-electron chi connectivity index (χ2n) is 3.66. The smallest absolute Gasteiger partial charge is 0.0446 e. The van der Waals surface area contributed by atoms with Crippen LogP contribution in [0.25, 0.3) is 0 Å². The van der Waals surface area contributed by atoms with Crippen molar-refractivity contribution in [3.63, 3.8) is 0 Å². The highest BCUT2D eigenvalue weighted by molar-refractivity contribution is 6.30. The number of nitrogens with one attached hydrogen (secondary N) is 1. The fraction of sp³-hybridized carbons (Fsp3) is 0.455. The van der Waals surface area contributed by atoms with Crippen molar-refractivity contribution in [1.82, 2.24) is 10.2 Å². The number of benzene rings is 1. The molecule has 1 N–H and O–H groups in total. The summed E-state index contributed by atoms with van der Waals surface area (Å²) in [7, 11) is 6.11. The molecule has 0 aromatic heterocycles. The van der Waals surface area contributed by atoms with Gasteiger partial charge in [-0.2, -0.15) is 0 Å². The number of rotatable bonds is 4. The van der Waals surface area contributed by atoms with Gasteiger partial charge in [-0.25, -0.2) is 0 Å². The Balaban J connectivity index is 2.73. The first-order valence-electron chi connectivity index (χ1n) is 4.71. The van der Waals surface area contributed by atoms with Crippen molar-refractivity contribution in [2.75, 3.05) is 27.7 Å². The van der Waals surface area contributed by atoms with Crippen LogP contribution in [0.15, 0.2) is 24.3 Å². The van der Waals surface area contributed by atoms with Crippen LogP contribution in [0.4, 0.5) is 0 Å². The van der Waals surface area contributed by atoms with E-state index >= 15 is 0 Å². The molecule has 1 unspecified atom stereocenters. The number of halogens is 1. The molecule has 2 nitrogen and oxygen atoms in total. The third kappa shape index (κ3) is 3.29. The first kappa shape index (κ1) is 11.5. The molecule has 0 aliphatic rings. The van der Waals surface area contributed by atoms with Crippen LogP contribution in [0.5, 0.6) is 0 Å². The second kappa shape index (κ2) is 5.35. The molecule has 0 bridgehead atoms. The summed E-state index contributed by atoms with van der Waals surface area (Å²) in [4.78, 5) is 2.16. The van der Waals surface area contributed by atoms with E-state index < -0.39 is 0 Å². The predicted molar refractivity (Wildman–Crippen MR) is 61.8 cm³/mol. The van der Waals surface area contributed by atoms with Crippen molar-refractivity contribution in [3.05, 3.63) is 34.9 Å². The summed E-state index contributed by atoms with van der Waals surface area (Å²) in [6.45, 7) is 0.984. The molecule has 0 aliphatic heterocycles. The summed E-state index contributed by atoms with van der Waals surface area (Å²) in [5, 5.41) is 4.07. The van der Waals surface area contributed by atoms with Gasteiger partial charge in [0.1, 0.15) is 0 Å². The lowest BCUT2D eigenvalue weighted by Crippen LogP contribution is -2.28. The average molecular weight is 213 g/mol. The molecular formula is C11H17ClN2. The van der Waals surface area contributed by atoms with Gasteiger partial charge in [-0.05, 0) is 38.8 Å². The fourth-order valence-corrected chi connectivity index (χ4v) is 1.55. The van der Waals surface area contributed by atoms with Crippen molar-refractivity contribution < 1.29 is 0 Å². The minimum atomic E-state index is 0.363. The van der Waals surface area contributed by atoms with Crippen molar-refractivity contribution >= 4 is 11.6 Å². The third-order valence-corrected chi connectivity index (χ3v) is 2.42. The molecule has 3 heteroatoms. The largest absolute Gasteiger partial charge is 0.312 e. The lowest BCUT2D eigenvalue weighted by Gasteiger charge is -2.20. The highest BCUT2D eigenvalue weighted by Crippen LogP contribution is 2.16. The molecule has 0 saturated carbocycles. The van der Waals surface area contributed by atoms with E-state index in [1.807, 2.05) is 19.2 Å². The Labute approximate surface area is 90.9 Å². The minimum absolute atomic E-state index is 0.363. The molecule has 0 fully saturated rings. The van der Waals surface area contributed by atoms with Crippen molar-refractivity contribution in [2.45, 2.75) is 6.04 Å². The molecule has 0 aliphatic carbocycles. The number of likely N-dealkylation sites (N-methyl/N-ethyl adjacent to an activating group) is 2. The number of hydrogen-bond acceptors (Lipinski definition) is 2. The van der Waals surface area contributed by atoms with Crippen LogP contribution in [-0.4, -0.2) is 32.6 Å². The zero-order valence-corrected chi connectivity index (χ0v) is 9.67. The highest BCUT2D eigenvalue weighted by atomic mass is 35.5. The van der Waals surface area contributed by atoms with Crippen molar-refractivity contribution in [2.24, 2.45) is 0 Å². The van der Waals surface area contributed by atoms with Gasteiger partial charge in [0.2, 0.25) is 0 Å². The highest BCUT2D eigenvalue weighted by Gasteiger charge is 2.09. The lowest BCUT2D eigenvalue weighted by molar-refractivity contribution is 0.353.